The summed E-state index contributed by atoms with van der Waals surface area (Å²) in [6.07, 6.45) is 2.32. The first-order chi connectivity index (χ1) is 11.8. The van der Waals surface area contributed by atoms with Crippen molar-refractivity contribution in [2.24, 2.45) is 0 Å². The normalized spacial score (nSPS) is 20.0. The Kier molecular flexibility index (Phi) is 4.73. The Morgan fingerprint density at radius 2 is 1.96 bits per heavy atom. The van der Waals surface area contributed by atoms with Gasteiger partial charge in [0.25, 0.3) is 11.5 Å². The third-order valence-electron chi connectivity index (χ3n) is 4.79. The molecule has 1 aromatic rings. The molecule has 0 bridgehead atoms. The van der Waals surface area contributed by atoms with Crippen molar-refractivity contribution in [3.8, 4) is 0 Å². The zero-order valence-corrected chi connectivity index (χ0v) is 13.6. The van der Waals surface area contributed by atoms with Crippen molar-refractivity contribution in [2.75, 3.05) is 19.8 Å². The number of hydrogen-bond acceptors (Lipinski definition) is 3. The second-order valence-corrected chi connectivity index (χ2v) is 6.40. The number of nitrogens with zero attached hydrogens (tertiary/aromatic N) is 2. The van der Waals surface area contributed by atoms with Crippen LogP contribution in [0.15, 0.2) is 35.3 Å². The Balaban J connectivity index is 1.93. The zero-order chi connectivity index (χ0) is 18.1. The number of aromatic nitrogens is 1. The van der Waals surface area contributed by atoms with Crippen LogP contribution in [0.5, 0.6) is 0 Å². The van der Waals surface area contributed by atoms with E-state index in [2.05, 4.69) is 0 Å². The Morgan fingerprint density at radius 1 is 1.24 bits per heavy atom. The maximum absolute atomic E-state index is 13.0. The summed E-state index contributed by atoms with van der Waals surface area (Å²) in [7, 11) is 0. The van der Waals surface area contributed by atoms with Gasteiger partial charge in [-0.15, -0.1) is 0 Å². The van der Waals surface area contributed by atoms with Gasteiger partial charge in [0.15, 0.2) is 0 Å². The van der Waals surface area contributed by atoms with E-state index in [9.17, 15) is 22.8 Å². The second kappa shape index (κ2) is 6.67. The standard InChI is InChI=1S/C17H19F3N2O3/c18-17(19,20)12-21-8-3-4-13(14(21)23)15(24)22-9-2-1-5-16(22)6-10-25-11-7-16/h1-4,8H,5-7,9-12H2. The van der Waals surface area contributed by atoms with E-state index < -0.39 is 29.7 Å². The molecule has 8 heteroatoms. The molecule has 3 heterocycles. The van der Waals surface area contributed by atoms with Crippen LogP contribution >= 0.6 is 0 Å². The molecule has 1 saturated heterocycles. The largest absolute Gasteiger partial charge is 0.406 e. The molecular formula is C17H19F3N2O3. The first kappa shape index (κ1) is 17.7. The molecule has 0 radical (unpaired) electrons. The van der Waals surface area contributed by atoms with Crippen molar-refractivity contribution < 1.29 is 22.7 Å². The van der Waals surface area contributed by atoms with Crippen LogP contribution in [0.3, 0.4) is 0 Å². The van der Waals surface area contributed by atoms with Crippen LogP contribution in [0.2, 0.25) is 0 Å². The van der Waals surface area contributed by atoms with Crippen LogP contribution in [0.25, 0.3) is 0 Å². The summed E-state index contributed by atoms with van der Waals surface area (Å²) >= 11 is 0. The van der Waals surface area contributed by atoms with Crippen molar-refractivity contribution in [3.63, 3.8) is 0 Å². The number of alkyl halides is 3. The van der Waals surface area contributed by atoms with Gasteiger partial charge in [-0.1, -0.05) is 12.2 Å². The van der Waals surface area contributed by atoms with E-state index in [1.807, 2.05) is 12.2 Å². The van der Waals surface area contributed by atoms with E-state index in [4.69, 9.17) is 4.74 Å². The molecule has 0 aliphatic carbocycles. The fourth-order valence-corrected chi connectivity index (χ4v) is 3.47. The van der Waals surface area contributed by atoms with Crippen molar-refractivity contribution in [3.05, 3.63) is 46.4 Å². The average Bonchev–Trinajstić information content (AvgIpc) is 2.56. The van der Waals surface area contributed by atoms with E-state index in [1.165, 1.54) is 12.1 Å². The number of pyridine rings is 1. The van der Waals surface area contributed by atoms with E-state index in [1.54, 1.807) is 4.90 Å². The maximum atomic E-state index is 13.0. The van der Waals surface area contributed by atoms with E-state index in [-0.39, 0.29) is 5.56 Å². The predicted molar refractivity (Wildman–Crippen MR) is 84.3 cm³/mol. The molecular weight excluding hydrogens is 337 g/mol. The maximum Gasteiger partial charge on any atom is 0.406 e. The number of amides is 1. The molecule has 5 nitrogen and oxygen atoms in total. The van der Waals surface area contributed by atoms with Crippen LogP contribution < -0.4 is 5.56 Å². The molecule has 1 aromatic heterocycles. The Hall–Kier alpha value is -2.09. The number of ether oxygens (including phenoxy) is 1. The predicted octanol–water partition coefficient (Wildman–Crippen LogP) is 2.36. The summed E-state index contributed by atoms with van der Waals surface area (Å²) in [5.74, 6) is -0.521. The van der Waals surface area contributed by atoms with Crippen LogP contribution in [0.1, 0.15) is 29.6 Å². The van der Waals surface area contributed by atoms with E-state index in [0.29, 0.717) is 43.6 Å². The molecule has 136 valence electrons. The molecule has 0 saturated carbocycles. The fourth-order valence-electron chi connectivity index (χ4n) is 3.47. The first-order valence-electron chi connectivity index (χ1n) is 8.13. The van der Waals surface area contributed by atoms with Crippen LogP contribution in [0.4, 0.5) is 13.2 Å². The highest BCUT2D eigenvalue weighted by Crippen LogP contribution is 2.35. The quantitative estimate of drug-likeness (QED) is 0.765. The molecule has 2 aliphatic rings. The van der Waals surface area contributed by atoms with Crippen molar-refractivity contribution in [1.29, 1.82) is 0 Å². The summed E-state index contributed by atoms with van der Waals surface area (Å²) in [6, 6.07) is 2.60. The Labute approximate surface area is 142 Å². The van der Waals surface area contributed by atoms with Gasteiger partial charge in [-0.05, 0) is 31.4 Å². The van der Waals surface area contributed by atoms with Gasteiger partial charge in [0.2, 0.25) is 0 Å². The number of carbonyl (C=O) groups excluding carboxylic acids is 1. The molecule has 0 aromatic carbocycles. The van der Waals surface area contributed by atoms with Gasteiger partial charge in [-0.3, -0.25) is 9.59 Å². The smallest absolute Gasteiger partial charge is 0.381 e. The molecule has 2 aliphatic heterocycles. The molecule has 0 atom stereocenters. The van der Waals surface area contributed by atoms with Gasteiger partial charge in [0.1, 0.15) is 12.1 Å². The molecule has 0 unspecified atom stereocenters. The minimum absolute atomic E-state index is 0.229. The van der Waals surface area contributed by atoms with Gasteiger partial charge in [0, 0.05) is 26.0 Å². The van der Waals surface area contributed by atoms with Crippen molar-refractivity contribution >= 4 is 5.91 Å². The van der Waals surface area contributed by atoms with E-state index in [0.717, 1.165) is 6.20 Å². The van der Waals surface area contributed by atoms with Gasteiger partial charge >= 0.3 is 6.18 Å². The highest BCUT2D eigenvalue weighted by atomic mass is 19.4. The number of halogens is 3. The molecule has 25 heavy (non-hydrogen) atoms. The molecule has 3 rings (SSSR count). The highest BCUT2D eigenvalue weighted by molar-refractivity contribution is 5.94. The summed E-state index contributed by atoms with van der Waals surface area (Å²) in [6.45, 7) is -0.0340. The summed E-state index contributed by atoms with van der Waals surface area (Å²) in [4.78, 5) is 27.0. The average molecular weight is 356 g/mol. The third kappa shape index (κ3) is 3.63. The molecule has 1 spiro atoms. The Morgan fingerprint density at radius 3 is 2.64 bits per heavy atom. The molecule has 1 amide bonds. The number of hydrogen-bond donors (Lipinski definition) is 0. The van der Waals surface area contributed by atoms with E-state index >= 15 is 0 Å². The fraction of sp³-hybridized carbons (Fsp3) is 0.529. The van der Waals surface area contributed by atoms with Gasteiger partial charge in [-0.2, -0.15) is 13.2 Å². The second-order valence-electron chi connectivity index (χ2n) is 6.40. The van der Waals surface area contributed by atoms with Gasteiger partial charge < -0.3 is 14.2 Å². The molecule has 1 fully saturated rings. The summed E-state index contributed by atoms with van der Waals surface area (Å²) < 4.78 is 43.8. The highest BCUT2D eigenvalue weighted by Gasteiger charge is 2.42. The van der Waals surface area contributed by atoms with Gasteiger partial charge in [-0.25, -0.2) is 0 Å². The first-order valence-corrected chi connectivity index (χ1v) is 8.13. The monoisotopic (exact) mass is 356 g/mol. The number of carbonyl (C=O) groups is 1. The lowest BCUT2D eigenvalue weighted by atomic mass is 9.82. The SMILES string of the molecule is O=C(c1cccn(CC(F)(F)F)c1=O)N1CC=CCC12CCOCC2. The van der Waals surface area contributed by atoms with Crippen molar-refractivity contribution in [1.82, 2.24) is 9.47 Å². The van der Waals surface area contributed by atoms with Crippen LogP contribution in [-0.2, 0) is 11.3 Å². The van der Waals surface area contributed by atoms with Crippen LogP contribution in [-0.4, -0.2) is 46.8 Å². The lowest BCUT2D eigenvalue weighted by molar-refractivity contribution is -0.141. The van der Waals surface area contributed by atoms with Gasteiger partial charge in [0.05, 0.1) is 5.54 Å². The lowest BCUT2D eigenvalue weighted by Crippen LogP contribution is -2.56. The topological polar surface area (TPSA) is 51.5 Å². The number of rotatable bonds is 2. The van der Waals surface area contributed by atoms with Crippen LogP contribution in [0, 0.1) is 0 Å². The van der Waals surface area contributed by atoms with Crippen molar-refractivity contribution in [2.45, 2.75) is 37.5 Å². The Bertz CT molecular complexity index is 733. The minimum atomic E-state index is -4.53. The third-order valence-corrected chi connectivity index (χ3v) is 4.79. The summed E-state index contributed by atoms with van der Waals surface area (Å²) in [5, 5.41) is 0. The lowest BCUT2D eigenvalue weighted by Gasteiger charge is -2.47. The molecule has 0 N–H and O–H groups in total. The zero-order valence-electron chi connectivity index (χ0n) is 13.6. The minimum Gasteiger partial charge on any atom is -0.381 e. The summed E-state index contributed by atoms with van der Waals surface area (Å²) in [5.41, 5.74) is -1.57.